The first-order valence-corrected chi connectivity index (χ1v) is 8.93. The van der Waals surface area contributed by atoms with E-state index in [9.17, 15) is 4.79 Å². The summed E-state index contributed by atoms with van der Waals surface area (Å²) in [4.78, 5) is 12.5. The first-order chi connectivity index (χ1) is 13.2. The molecule has 0 unspecified atom stereocenters. The van der Waals surface area contributed by atoms with Crippen molar-refractivity contribution in [3.63, 3.8) is 0 Å². The fourth-order valence-electron chi connectivity index (χ4n) is 2.93. The van der Waals surface area contributed by atoms with Gasteiger partial charge in [-0.3, -0.25) is 4.79 Å². The van der Waals surface area contributed by atoms with Crippen LogP contribution in [0.5, 0.6) is 11.5 Å². The normalized spacial score (nSPS) is 11.8. The molecule has 142 valence electrons. The Morgan fingerprint density at radius 1 is 1.19 bits per heavy atom. The van der Waals surface area contributed by atoms with Gasteiger partial charge in [0.05, 0.1) is 32.4 Å². The van der Waals surface area contributed by atoms with Gasteiger partial charge in [-0.1, -0.05) is 6.07 Å². The van der Waals surface area contributed by atoms with Crippen LogP contribution < -0.4 is 14.8 Å². The lowest BCUT2D eigenvalue weighted by molar-refractivity contribution is -0.121. The number of methoxy groups -OCH3 is 1. The molecular formula is C21H24N2O4. The summed E-state index contributed by atoms with van der Waals surface area (Å²) in [6.45, 7) is 2.91. The molecule has 1 atom stereocenters. The average Bonchev–Trinajstić information content (AvgIpc) is 3.39. The minimum Gasteiger partial charge on any atom is -0.493 e. The second-order valence-electron chi connectivity index (χ2n) is 6.06. The van der Waals surface area contributed by atoms with Crippen molar-refractivity contribution in [3.8, 4) is 11.5 Å². The van der Waals surface area contributed by atoms with Crippen LogP contribution in [-0.4, -0.2) is 24.2 Å². The Morgan fingerprint density at radius 2 is 2.00 bits per heavy atom. The number of nitrogens with one attached hydrogen (secondary N) is 1. The molecule has 6 nitrogen and oxygen atoms in total. The van der Waals surface area contributed by atoms with Crippen LogP contribution in [-0.2, 0) is 11.3 Å². The summed E-state index contributed by atoms with van der Waals surface area (Å²) in [6.07, 6.45) is 5.77. The van der Waals surface area contributed by atoms with Gasteiger partial charge >= 0.3 is 0 Å². The van der Waals surface area contributed by atoms with Gasteiger partial charge in [-0.25, -0.2) is 0 Å². The predicted octanol–water partition coefficient (Wildman–Crippen LogP) is 3.78. The summed E-state index contributed by atoms with van der Waals surface area (Å²) < 4.78 is 18.4. The molecule has 0 aliphatic carbocycles. The van der Waals surface area contributed by atoms with E-state index in [2.05, 4.69) is 5.32 Å². The molecule has 6 heteroatoms. The zero-order valence-corrected chi connectivity index (χ0v) is 15.6. The van der Waals surface area contributed by atoms with Crippen LogP contribution in [0.1, 0.15) is 30.7 Å². The van der Waals surface area contributed by atoms with Gasteiger partial charge < -0.3 is 23.8 Å². The van der Waals surface area contributed by atoms with Gasteiger partial charge in [0.25, 0.3) is 0 Å². The van der Waals surface area contributed by atoms with Crippen molar-refractivity contribution in [3.05, 3.63) is 72.4 Å². The van der Waals surface area contributed by atoms with E-state index in [0.717, 1.165) is 11.3 Å². The molecule has 0 aliphatic heterocycles. The summed E-state index contributed by atoms with van der Waals surface area (Å²) in [5.74, 6) is 2.05. The highest BCUT2D eigenvalue weighted by molar-refractivity contribution is 5.76. The number of rotatable bonds is 9. The second-order valence-corrected chi connectivity index (χ2v) is 6.06. The number of nitrogens with zero attached hydrogens (tertiary/aromatic N) is 1. The predicted molar refractivity (Wildman–Crippen MR) is 102 cm³/mol. The number of benzene rings is 1. The van der Waals surface area contributed by atoms with Gasteiger partial charge in [0.1, 0.15) is 5.76 Å². The third kappa shape index (κ3) is 4.73. The van der Waals surface area contributed by atoms with E-state index < -0.39 is 0 Å². The van der Waals surface area contributed by atoms with Crippen LogP contribution in [0.3, 0.4) is 0 Å². The van der Waals surface area contributed by atoms with Crippen molar-refractivity contribution >= 4 is 5.91 Å². The lowest BCUT2D eigenvalue weighted by Crippen LogP contribution is -2.26. The first-order valence-electron chi connectivity index (χ1n) is 8.93. The smallest absolute Gasteiger partial charge is 0.222 e. The van der Waals surface area contributed by atoms with Crippen LogP contribution in [0, 0.1) is 0 Å². The van der Waals surface area contributed by atoms with Crippen molar-refractivity contribution in [2.75, 3.05) is 13.7 Å². The number of hydrogen-bond acceptors (Lipinski definition) is 4. The summed E-state index contributed by atoms with van der Waals surface area (Å²) in [5.41, 5.74) is 0.944. The van der Waals surface area contributed by atoms with Gasteiger partial charge in [-0.2, -0.15) is 0 Å². The molecule has 0 saturated carbocycles. The molecule has 1 aromatic carbocycles. The zero-order chi connectivity index (χ0) is 19.1. The Morgan fingerprint density at radius 3 is 2.67 bits per heavy atom. The molecule has 2 heterocycles. The Labute approximate surface area is 158 Å². The lowest BCUT2D eigenvalue weighted by Gasteiger charge is -2.17. The molecule has 1 amide bonds. The van der Waals surface area contributed by atoms with Gasteiger partial charge in [0, 0.05) is 18.9 Å². The third-order valence-electron chi connectivity index (χ3n) is 4.26. The highest BCUT2D eigenvalue weighted by Crippen LogP contribution is 2.28. The van der Waals surface area contributed by atoms with Gasteiger partial charge in [-0.15, -0.1) is 0 Å². The van der Waals surface area contributed by atoms with E-state index in [1.165, 1.54) is 0 Å². The lowest BCUT2D eigenvalue weighted by atomic mass is 10.1. The maximum Gasteiger partial charge on any atom is 0.222 e. The van der Waals surface area contributed by atoms with Crippen molar-refractivity contribution in [2.45, 2.75) is 25.9 Å². The second kappa shape index (κ2) is 8.98. The van der Waals surface area contributed by atoms with Crippen LogP contribution in [0.15, 0.2) is 65.5 Å². The van der Waals surface area contributed by atoms with E-state index in [-0.39, 0.29) is 18.4 Å². The molecule has 0 radical (unpaired) electrons. The minimum atomic E-state index is -0.176. The van der Waals surface area contributed by atoms with E-state index in [1.54, 1.807) is 13.4 Å². The fourth-order valence-corrected chi connectivity index (χ4v) is 2.93. The quantitative estimate of drug-likeness (QED) is 0.624. The molecule has 1 N–H and O–H groups in total. The Kier molecular flexibility index (Phi) is 6.20. The van der Waals surface area contributed by atoms with Crippen LogP contribution in [0.4, 0.5) is 0 Å². The van der Waals surface area contributed by atoms with Crippen molar-refractivity contribution in [1.82, 2.24) is 9.88 Å². The van der Waals surface area contributed by atoms with Crippen LogP contribution >= 0.6 is 0 Å². The fraction of sp³-hybridized carbons (Fsp3) is 0.286. The maximum atomic E-state index is 12.5. The zero-order valence-electron chi connectivity index (χ0n) is 15.6. The number of amides is 1. The third-order valence-corrected chi connectivity index (χ3v) is 4.26. The highest BCUT2D eigenvalue weighted by Gasteiger charge is 2.19. The molecule has 27 heavy (non-hydrogen) atoms. The number of aromatic nitrogens is 1. The van der Waals surface area contributed by atoms with E-state index >= 15 is 0 Å². The highest BCUT2D eigenvalue weighted by atomic mass is 16.5. The molecule has 2 aromatic heterocycles. The molecule has 0 spiro atoms. The summed E-state index contributed by atoms with van der Waals surface area (Å²) in [6, 6.07) is 13.1. The topological polar surface area (TPSA) is 65.6 Å². The number of ether oxygens (including phenoxy) is 2. The van der Waals surface area contributed by atoms with Crippen molar-refractivity contribution < 1.29 is 18.7 Å². The molecule has 0 bridgehead atoms. The van der Waals surface area contributed by atoms with E-state index in [1.807, 2.05) is 66.3 Å². The summed E-state index contributed by atoms with van der Waals surface area (Å²) >= 11 is 0. The maximum absolute atomic E-state index is 12.5. The van der Waals surface area contributed by atoms with Crippen molar-refractivity contribution in [2.24, 2.45) is 0 Å². The summed E-state index contributed by atoms with van der Waals surface area (Å²) in [5, 5.41) is 2.97. The van der Waals surface area contributed by atoms with Gasteiger partial charge in [0.2, 0.25) is 5.91 Å². The van der Waals surface area contributed by atoms with E-state index in [0.29, 0.717) is 24.7 Å². The monoisotopic (exact) mass is 368 g/mol. The molecule has 0 aliphatic rings. The molecular weight excluding hydrogens is 344 g/mol. The number of carbonyl (C=O) groups excluding carboxylic acids is 1. The largest absolute Gasteiger partial charge is 0.493 e. The minimum absolute atomic E-state index is 0.0575. The van der Waals surface area contributed by atoms with E-state index in [4.69, 9.17) is 13.9 Å². The number of furan rings is 1. The average molecular weight is 368 g/mol. The van der Waals surface area contributed by atoms with Crippen LogP contribution in [0.25, 0.3) is 0 Å². The molecule has 3 rings (SSSR count). The Bertz CT molecular complexity index is 807. The standard InChI is InChI=1S/C21H24N2O4/c1-3-26-19-9-8-16(13-20(19)25-2)15-22-21(24)14-17(18-7-6-12-27-18)23-10-4-5-11-23/h4-13,17H,3,14-15H2,1-2H3,(H,22,24)/t17-/m0/s1. The Balaban J connectivity index is 1.63. The first kappa shape index (κ1) is 18.6. The SMILES string of the molecule is CCOc1ccc(CNC(=O)C[C@@H](c2ccco2)n2cccc2)cc1OC. The molecule has 0 saturated heterocycles. The molecule has 3 aromatic rings. The number of hydrogen-bond donors (Lipinski definition) is 1. The Hall–Kier alpha value is -3.15. The molecule has 0 fully saturated rings. The van der Waals surface area contributed by atoms with Crippen LogP contribution in [0.2, 0.25) is 0 Å². The summed E-state index contributed by atoms with van der Waals surface area (Å²) in [7, 11) is 1.60. The number of carbonyl (C=O) groups is 1. The van der Waals surface area contributed by atoms with Gasteiger partial charge in [-0.05, 0) is 48.9 Å². The van der Waals surface area contributed by atoms with Gasteiger partial charge in [0.15, 0.2) is 11.5 Å². The van der Waals surface area contributed by atoms with Crippen molar-refractivity contribution in [1.29, 1.82) is 0 Å².